The third-order valence-electron chi connectivity index (χ3n) is 8.90. The van der Waals surface area contributed by atoms with E-state index >= 15 is 0 Å². The van der Waals surface area contributed by atoms with Crippen LogP contribution < -0.4 is 9.80 Å². The number of amides is 1. The molecular formula is C33H37F5N4O3. The first kappa shape index (κ1) is 32.8. The van der Waals surface area contributed by atoms with Gasteiger partial charge >= 0.3 is 6.18 Å². The fourth-order valence-corrected chi connectivity index (χ4v) is 6.19. The monoisotopic (exact) mass is 632 g/mol. The number of benzene rings is 2. The van der Waals surface area contributed by atoms with Crippen molar-refractivity contribution in [3.05, 3.63) is 76.7 Å². The summed E-state index contributed by atoms with van der Waals surface area (Å²) in [7, 11) is 1.48. The molecule has 3 aromatic rings. The summed E-state index contributed by atoms with van der Waals surface area (Å²) < 4.78 is 74.9. The van der Waals surface area contributed by atoms with Crippen molar-refractivity contribution in [2.45, 2.75) is 51.1 Å². The fourth-order valence-electron chi connectivity index (χ4n) is 6.19. The molecule has 1 aromatic heterocycles. The van der Waals surface area contributed by atoms with Crippen molar-refractivity contribution in [3.8, 4) is 11.1 Å². The molecule has 0 saturated carbocycles. The lowest BCUT2D eigenvalue weighted by Crippen LogP contribution is -2.63. The molecule has 2 aliphatic heterocycles. The molecule has 2 saturated heterocycles. The van der Waals surface area contributed by atoms with Gasteiger partial charge in [0.2, 0.25) is 5.91 Å². The topological polar surface area (TPSA) is 69.1 Å². The van der Waals surface area contributed by atoms with Gasteiger partial charge in [0.15, 0.2) is 0 Å². The maximum atomic E-state index is 14.6. The van der Waals surface area contributed by atoms with Crippen LogP contribution in [0.2, 0.25) is 0 Å². The van der Waals surface area contributed by atoms with Crippen LogP contribution in [0.4, 0.5) is 33.5 Å². The highest BCUT2D eigenvalue weighted by Gasteiger charge is 2.39. The van der Waals surface area contributed by atoms with Gasteiger partial charge in [-0.15, -0.1) is 0 Å². The van der Waals surface area contributed by atoms with E-state index in [-0.39, 0.29) is 29.8 Å². The van der Waals surface area contributed by atoms with Crippen LogP contribution in [-0.2, 0) is 27.8 Å². The van der Waals surface area contributed by atoms with Gasteiger partial charge in [0.1, 0.15) is 18.3 Å². The van der Waals surface area contributed by atoms with Crippen molar-refractivity contribution >= 4 is 17.4 Å². The Morgan fingerprint density at radius 1 is 1.09 bits per heavy atom. The summed E-state index contributed by atoms with van der Waals surface area (Å²) in [4.78, 5) is 24.3. The molecule has 5 rings (SSSR count). The molecule has 1 N–H and O–H groups in total. The third-order valence-corrected chi connectivity index (χ3v) is 8.90. The van der Waals surface area contributed by atoms with Gasteiger partial charge in [-0.2, -0.15) is 13.2 Å². The van der Waals surface area contributed by atoms with E-state index in [2.05, 4.69) is 9.88 Å². The van der Waals surface area contributed by atoms with Crippen LogP contribution in [0.5, 0.6) is 0 Å². The second-order valence-corrected chi connectivity index (χ2v) is 12.3. The highest BCUT2D eigenvalue weighted by molar-refractivity contribution is 6.03. The molecule has 2 aliphatic rings. The zero-order valence-electron chi connectivity index (χ0n) is 25.7. The molecule has 0 spiro atoms. The SMILES string of the molecule is Cc1ccc(F)cc1-c1cc(N2C[C@H]3COCCN3C[C@H]2CO)ncc1N(C)C(=O)C(C)(C)c1cc(CF)cc(C(F)(F)F)c1. The summed E-state index contributed by atoms with van der Waals surface area (Å²) in [5, 5.41) is 10.3. The number of fused-ring (bicyclic) bond motifs is 1. The van der Waals surface area contributed by atoms with E-state index in [0.717, 1.165) is 24.2 Å². The van der Waals surface area contributed by atoms with Gasteiger partial charge in [-0.3, -0.25) is 9.69 Å². The number of morpholine rings is 1. The van der Waals surface area contributed by atoms with E-state index in [1.807, 2.05) is 4.90 Å². The highest BCUT2D eigenvalue weighted by Crippen LogP contribution is 2.40. The van der Waals surface area contributed by atoms with Gasteiger partial charge in [-0.05, 0) is 73.4 Å². The minimum Gasteiger partial charge on any atom is -0.394 e. The number of carbonyl (C=O) groups is 1. The second-order valence-electron chi connectivity index (χ2n) is 12.3. The van der Waals surface area contributed by atoms with Crippen LogP contribution in [0.3, 0.4) is 0 Å². The van der Waals surface area contributed by atoms with E-state index < -0.39 is 35.6 Å². The van der Waals surface area contributed by atoms with Crippen molar-refractivity contribution in [2.75, 3.05) is 56.3 Å². The molecule has 2 atom stereocenters. The molecule has 2 aromatic carbocycles. The van der Waals surface area contributed by atoms with Crippen LogP contribution in [0.25, 0.3) is 11.1 Å². The third kappa shape index (κ3) is 6.54. The molecule has 1 amide bonds. The first-order valence-corrected chi connectivity index (χ1v) is 14.8. The van der Waals surface area contributed by atoms with Crippen molar-refractivity contribution in [1.82, 2.24) is 9.88 Å². The van der Waals surface area contributed by atoms with E-state index in [0.29, 0.717) is 48.9 Å². The fraction of sp³-hybridized carbons (Fsp3) is 0.455. The Kier molecular flexibility index (Phi) is 9.21. The maximum absolute atomic E-state index is 14.6. The van der Waals surface area contributed by atoms with Crippen molar-refractivity contribution in [1.29, 1.82) is 0 Å². The quantitative estimate of drug-likeness (QED) is 0.347. The van der Waals surface area contributed by atoms with E-state index in [4.69, 9.17) is 4.74 Å². The largest absolute Gasteiger partial charge is 0.416 e. The summed E-state index contributed by atoms with van der Waals surface area (Å²) in [5.74, 6) is -0.539. The van der Waals surface area contributed by atoms with Crippen molar-refractivity contribution in [3.63, 3.8) is 0 Å². The first-order chi connectivity index (χ1) is 21.2. The van der Waals surface area contributed by atoms with Crippen molar-refractivity contribution < 1.29 is 36.6 Å². The Balaban J connectivity index is 1.58. The number of rotatable bonds is 7. The number of hydrogen-bond acceptors (Lipinski definition) is 6. The normalized spacial score (nSPS) is 19.4. The molecule has 3 heterocycles. The molecule has 45 heavy (non-hydrogen) atoms. The number of aromatic nitrogens is 1. The van der Waals surface area contributed by atoms with Gasteiger partial charge < -0.3 is 19.6 Å². The molecule has 0 unspecified atom stereocenters. The predicted octanol–water partition coefficient (Wildman–Crippen LogP) is 5.51. The van der Waals surface area contributed by atoms with Crippen LogP contribution >= 0.6 is 0 Å². The van der Waals surface area contributed by atoms with Gasteiger partial charge in [-0.1, -0.05) is 12.1 Å². The Hall–Kier alpha value is -3.61. The molecule has 2 fully saturated rings. The standard InChI is InChI=1S/C33H37F5N4O3/c1-20-5-6-24(35)12-27(20)28-13-30(42-17-26-19-45-8-7-41(26)16-25(42)18-43)39-15-29(28)40(4)31(44)32(2,3)22-9-21(14-34)10-23(11-22)33(36,37)38/h5-6,9-13,15,25-26,43H,7-8,14,16-19H2,1-4H3/t25-,26-/m0/s1. The van der Waals surface area contributed by atoms with Crippen LogP contribution in [-0.4, -0.2) is 79.5 Å². The molecule has 12 heteroatoms. The number of halogens is 5. The number of piperazine rings is 1. The lowest BCUT2D eigenvalue weighted by molar-refractivity contribution is -0.137. The van der Waals surface area contributed by atoms with Crippen LogP contribution in [0.1, 0.15) is 36.1 Å². The summed E-state index contributed by atoms with van der Waals surface area (Å²) in [6.07, 6.45) is -3.24. The number of hydrogen-bond donors (Lipinski definition) is 1. The molecule has 0 bridgehead atoms. The molecular weight excluding hydrogens is 595 g/mol. The van der Waals surface area contributed by atoms with Crippen LogP contribution in [0.15, 0.2) is 48.7 Å². The number of aliphatic hydroxyl groups is 1. The summed E-state index contributed by atoms with van der Waals surface area (Å²) in [6, 6.07) is 8.77. The molecule has 7 nitrogen and oxygen atoms in total. The number of ether oxygens (including phenoxy) is 1. The number of pyridine rings is 1. The second kappa shape index (κ2) is 12.6. The number of anilines is 2. The van der Waals surface area contributed by atoms with E-state index in [1.165, 1.54) is 50.2 Å². The van der Waals surface area contributed by atoms with Gasteiger partial charge in [0.25, 0.3) is 0 Å². The minimum atomic E-state index is -4.73. The Bertz CT molecular complexity index is 1560. The highest BCUT2D eigenvalue weighted by atomic mass is 19.4. The summed E-state index contributed by atoms with van der Waals surface area (Å²) in [5.41, 5.74) is -0.707. The smallest absolute Gasteiger partial charge is 0.394 e. The van der Waals surface area contributed by atoms with Crippen LogP contribution in [0, 0.1) is 12.7 Å². The number of aryl methyl sites for hydroxylation is 1. The van der Waals surface area contributed by atoms with Gasteiger partial charge in [-0.25, -0.2) is 13.8 Å². The average molecular weight is 633 g/mol. The van der Waals surface area contributed by atoms with E-state index in [1.54, 1.807) is 19.1 Å². The zero-order valence-corrected chi connectivity index (χ0v) is 25.7. The number of aliphatic hydroxyl groups excluding tert-OH is 1. The molecule has 0 radical (unpaired) electrons. The molecule has 0 aliphatic carbocycles. The average Bonchev–Trinajstić information content (AvgIpc) is 3.03. The van der Waals surface area contributed by atoms with Gasteiger partial charge in [0.05, 0.1) is 54.8 Å². The minimum absolute atomic E-state index is 0.00764. The Labute approximate surface area is 259 Å². The maximum Gasteiger partial charge on any atom is 0.416 e. The van der Waals surface area contributed by atoms with E-state index in [9.17, 15) is 31.9 Å². The predicted molar refractivity (Wildman–Crippen MR) is 161 cm³/mol. The number of likely N-dealkylation sites (N-methyl/N-ethyl adjacent to an activating group) is 1. The number of alkyl halides is 4. The number of nitrogens with zero attached hydrogens (tertiary/aromatic N) is 4. The Morgan fingerprint density at radius 3 is 2.51 bits per heavy atom. The zero-order chi connectivity index (χ0) is 32.7. The first-order valence-electron chi connectivity index (χ1n) is 14.8. The summed E-state index contributed by atoms with van der Waals surface area (Å²) in [6.45, 7) is 6.58. The van der Waals surface area contributed by atoms with Crippen molar-refractivity contribution in [2.24, 2.45) is 0 Å². The molecule has 242 valence electrons. The lowest BCUT2D eigenvalue weighted by atomic mass is 9.81. The Morgan fingerprint density at radius 2 is 1.82 bits per heavy atom. The van der Waals surface area contributed by atoms with Gasteiger partial charge in [0, 0.05) is 32.2 Å². The number of carbonyl (C=O) groups excluding carboxylic acids is 1. The lowest BCUT2D eigenvalue weighted by Gasteiger charge is -2.48. The summed E-state index contributed by atoms with van der Waals surface area (Å²) >= 11 is 0.